The normalized spacial score (nSPS) is 11.6. The van der Waals surface area contributed by atoms with E-state index in [0.29, 0.717) is 24.3 Å². The molecule has 2 aromatic rings. The highest BCUT2D eigenvalue weighted by atomic mass is 32.2. The van der Waals surface area contributed by atoms with Crippen molar-refractivity contribution in [3.63, 3.8) is 0 Å². The third-order valence-corrected chi connectivity index (χ3v) is 6.49. The van der Waals surface area contributed by atoms with Crippen LogP contribution in [0.3, 0.4) is 0 Å². The van der Waals surface area contributed by atoms with Crippen LogP contribution < -0.4 is 10.2 Å². The Morgan fingerprint density at radius 1 is 1.04 bits per heavy atom. The van der Waals surface area contributed by atoms with Gasteiger partial charge in [-0.25, -0.2) is 8.42 Å². The highest BCUT2D eigenvalue weighted by molar-refractivity contribution is 7.89. The summed E-state index contributed by atoms with van der Waals surface area (Å²) in [7, 11) is -3.62. The standard InChI is InChI=1S/C19H27N3O4S/c1-5-21(6-2)18-10-9-16(27(24,25)22(7-3)8-4)13-17(18)20-19(23)15-11-12-26-14-15/h9-14H,5-8H2,1-4H3,(H,20,23). The Bertz CT molecular complexity index is 855. The molecule has 8 heteroatoms. The lowest BCUT2D eigenvalue weighted by Crippen LogP contribution is -2.31. The fraction of sp³-hybridized carbons (Fsp3) is 0.421. The van der Waals surface area contributed by atoms with Gasteiger partial charge in [0, 0.05) is 26.2 Å². The van der Waals surface area contributed by atoms with Gasteiger partial charge in [-0.15, -0.1) is 0 Å². The number of anilines is 2. The molecule has 27 heavy (non-hydrogen) atoms. The number of hydrogen-bond donors (Lipinski definition) is 1. The predicted molar refractivity (Wildman–Crippen MR) is 107 cm³/mol. The maximum absolute atomic E-state index is 12.9. The molecule has 7 nitrogen and oxygen atoms in total. The minimum Gasteiger partial charge on any atom is -0.472 e. The van der Waals surface area contributed by atoms with Crippen LogP contribution in [0.15, 0.2) is 46.1 Å². The lowest BCUT2D eigenvalue weighted by atomic mass is 10.2. The summed E-state index contributed by atoms with van der Waals surface area (Å²) < 4.78 is 32.1. The Morgan fingerprint density at radius 2 is 1.70 bits per heavy atom. The number of amides is 1. The highest BCUT2D eigenvalue weighted by Gasteiger charge is 2.24. The van der Waals surface area contributed by atoms with E-state index in [1.54, 1.807) is 32.0 Å². The van der Waals surface area contributed by atoms with E-state index in [-0.39, 0.29) is 10.8 Å². The number of nitrogens with one attached hydrogen (secondary N) is 1. The van der Waals surface area contributed by atoms with Crippen LogP contribution in [0.25, 0.3) is 0 Å². The van der Waals surface area contributed by atoms with E-state index in [0.717, 1.165) is 18.8 Å². The molecule has 1 N–H and O–H groups in total. The van der Waals surface area contributed by atoms with Gasteiger partial charge in [0.2, 0.25) is 10.0 Å². The van der Waals surface area contributed by atoms with Gasteiger partial charge < -0.3 is 14.6 Å². The van der Waals surface area contributed by atoms with E-state index < -0.39 is 10.0 Å². The van der Waals surface area contributed by atoms with Gasteiger partial charge in [0.15, 0.2) is 0 Å². The number of sulfonamides is 1. The van der Waals surface area contributed by atoms with Gasteiger partial charge in [0.1, 0.15) is 6.26 Å². The third-order valence-electron chi connectivity index (χ3n) is 4.45. The van der Waals surface area contributed by atoms with Gasteiger partial charge in [0.25, 0.3) is 5.91 Å². The molecule has 1 heterocycles. The average Bonchev–Trinajstić information content (AvgIpc) is 3.19. The van der Waals surface area contributed by atoms with Gasteiger partial charge in [-0.1, -0.05) is 13.8 Å². The van der Waals surface area contributed by atoms with Crippen molar-refractivity contribution in [2.24, 2.45) is 0 Å². The van der Waals surface area contributed by atoms with Crippen LogP contribution in [-0.4, -0.2) is 44.8 Å². The molecule has 0 radical (unpaired) electrons. The lowest BCUT2D eigenvalue weighted by Gasteiger charge is -2.25. The Labute approximate surface area is 161 Å². The first-order valence-electron chi connectivity index (χ1n) is 9.11. The number of carbonyl (C=O) groups excluding carboxylic acids is 1. The molecule has 0 aliphatic rings. The van der Waals surface area contributed by atoms with E-state index in [4.69, 9.17) is 4.42 Å². The fourth-order valence-corrected chi connectivity index (χ4v) is 4.40. The Morgan fingerprint density at radius 3 is 2.22 bits per heavy atom. The number of furan rings is 1. The number of rotatable bonds is 9. The molecule has 0 aliphatic carbocycles. The Hall–Kier alpha value is -2.32. The first-order chi connectivity index (χ1) is 12.9. The zero-order chi connectivity index (χ0) is 20.0. The van der Waals surface area contributed by atoms with Crippen LogP contribution in [0.4, 0.5) is 11.4 Å². The minimum atomic E-state index is -3.62. The van der Waals surface area contributed by atoms with E-state index in [1.807, 2.05) is 13.8 Å². The van der Waals surface area contributed by atoms with E-state index in [2.05, 4.69) is 10.2 Å². The van der Waals surface area contributed by atoms with Crippen LogP contribution in [0.5, 0.6) is 0 Å². The molecule has 2 rings (SSSR count). The zero-order valence-corrected chi connectivity index (χ0v) is 17.0. The number of hydrogen-bond acceptors (Lipinski definition) is 5. The fourth-order valence-electron chi connectivity index (χ4n) is 2.92. The predicted octanol–water partition coefficient (Wildman–Crippen LogP) is 3.41. The summed E-state index contributed by atoms with van der Waals surface area (Å²) >= 11 is 0. The van der Waals surface area contributed by atoms with Crippen LogP contribution in [0, 0.1) is 0 Å². The van der Waals surface area contributed by atoms with Gasteiger partial charge in [-0.3, -0.25) is 4.79 Å². The topological polar surface area (TPSA) is 82.9 Å². The summed E-state index contributed by atoms with van der Waals surface area (Å²) in [5, 5.41) is 2.83. The van der Waals surface area contributed by atoms with Gasteiger partial charge in [-0.05, 0) is 38.1 Å². The van der Waals surface area contributed by atoms with Gasteiger partial charge >= 0.3 is 0 Å². The summed E-state index contributed by atoms with van der Waals surface area (Å²) in [5.41, 5.74) is 1.60. The molecule has 0 spiro atoms. The number of carbonyl (C=O) groups is 1. The molecule has 0 atom stereocenters. The number of benzene rings is 1. The highest BCUT2D eigenvalue weighted by Crippen LogP contribution is 2.30. The zero-order valence-electron chi connectivity index (χ0n) is 16.2. The molecule has 0 saturated heterocycles. The Kier molecular flexibility index (Phi) is 7.04. The van der Waals surface area contributed by atoms with Crippen molar-refractivity contribution >= 4 is 27.3 Å². The van der Waals surface area contributed by atoms with E-state index in [9.17, 15) is 13.2 Å². The average molecular weight is 394 g/mol. The van der Waals surface area contributed by atoms with Crippen molar-refractivity contribution in [2.75, 3.05) is 36.4 Å². The van der Waals surface area contributed by atoms with Crippen LogP contribution in [0.2, 0.25) is 0 Å². The maximum atomic E-state index is 12.9. The summed E-state index contributed by atoms with van der Waals surface area (Å²) in [4.78, 5) is 14.7. The van der Waals surface area contributed by atoms with Crippen LogP contribution in [0.1, 0.15) is 38.1 Å². The lowest BCUT2D eigenvalue weighted by molar-refractivity contribution is 0.102. The van der Waals surface area contributed by atoms with Crippen molar-refractivity contribution in [1.82, 2.24) is 4.31 Å². The van der Waals surface area contributed by atoms with Crippen molar-refractivity contribution in [3.8, 4) is 0 Å². The molecule has 1 aromatic heterocycles. The second kappa shape index (κ2) is 9.05. The molecule has 1 amide bonds. The molecule has 0 unspecified atom stereocenters. The SMILES string of the molecule is CCN(CC)c1ccc(S(=O)(=O)N(CC)CC)cc1NC(=O)c1ccoc1. The van der Waals surface area contributed by atoms with Gasteiger partial charge in [0.05, 0.1) is 28.1 Å². The largest absolute Gasteiger partial charge is 0.472 e. The first kappa shape index (κ1) is 21.0. The molecule has 0 bridgehead atoms. The quantitative estimate of drug-likeness (QED) is 0.706. The Balaban J connectivity index is 2.50. The smallest absolute Gasteiger partial charge is 0.258 e. The third kappa shape index (κ3) is 4.51. The molecule has 0 aliphatic heterocycles. The maximum Gasteiger partial charge on any atom is 0.258 e. The summed E-state index contributed by atoms with van der Waals surface area (Å²) in [6.45, 7) is 9.83. The monoisotopic (exact) mass is 393 g/mol. The number of nitrogens with zero attached hydrogens (tertiary/aromatic N) is 2. The first-order valence-corrected chi connectivity index (χ1v) is 10.6. The van der Waals surface area contributed by atoms with E-state index in [1.165, 1.54) is 22.9 Å². The molecule has 148 valence electrons. The molecule has 0 saturated carbocycles. The molecule has 0 fully saturated rings. The van der Waals surface area contributed by atoms with Crippen molar-refractivity contribution < 1.29 is 17.6 Å². The van der Waals surface area contributed by atoms with Crippen LogP contribution >= 0.6 is 0 Å². The van der Waals surface area contributed by atoms with Crippen molar-refractivity contribution in [2.45, 2.75) is 32.6 Å². The van der Waals surface area contributed by atoms with Gasteiger partial charge in [-0.2, -0.15) is 4.31 Å². The van der Waals surface area contributed by atoms with Crippen molar-refractivity contribution in [3.05, 3.63) is 42.4 Å². The minimum absolute atomic E-state index is 0.157. The van der Waals surface area contributed by atoms with Crippen molar-refractivity contribution in [1.29, 1.82) is 0 Å². The van der Waals surface area contributed by atoms with Crippen LogP contribution in [-0.2, 0) is 10.0 Å². The second-order valence-electron chi connectivity index (χ2n) is 5.91. The van der Waals surface area contributed by atoms with E-state index >= 15 is 0 Å². The molecule has 1 aromatic carbocycles. The summed E-state index contributed by atoms with van der Waals surface area (Å²) in [6.07, 6.45) is 2.77. The second-order valence-corrected chi connectivity index (χ2v) is 7.84. The summed E-state index contributed by atoms with van der Waals surface area (Å²) in [6, 6.07) is 6.42. The summed E-state index contributed by atoms with van der Waals surface area (Å²) in [5.74, 6) is -0.352. The molecular weight excluding hydrogens is 366 g/mol. The molecular formula is C19H27N3O4S.